The Morgan fingerprint density at radius 2 is 2.32 bits per heavy atom. The molecule has 1 aliphatic carbocycles. The van der Waals surface area contributed by atoms with Gasteiger partial charge in [-0.15, -0.1) is 0 Å². The fraction of sp³-hybridized carbons (Fsp3) is 0.643. The number of ether oxygens (including phenoxy) is 1. The second-order valence-electron chi connectivity index (χ2n) is 5.22. The lowest BCUT2D eigenvalue weighted by Gasteiger charge is -2.18. The van der Waals surface area contributed by atoms with Crippen LogP contribution in [0.1, 0.15) is 30.8 Å². The number of nitrogens with zero attached hydrogens (tertiary/aromatic N) is 1. The Labute approximate surface area is 113 Å². The summed E-state index contributed by atoms with van der Waals surface area (Å²) < 4.78 is 10.8. The molecule has 1 fully saturated rings. The van der Waals surface area contributed by atoms with E-state index in [0.29, 0.717) is 31.5 Å². The van der Waals surface area contributed by atoms with E-state index >= 15 is 0 Å². The van der Waals surface area contributed by atoms with Crippen molar-refractivity contribution < 1.29 is 19.1 Å². The highest BCUT2D eigenvalue weighted by molar-refractivity contribution is 5.69. The summed E-state index contributed by atoms with van der Waals surface area (Å²) in [4.78, 5) is 12.6. The van der Waals surface area contributed by atoms with Gasteiger partial charge in [0.05, 0.1) is 19.7 Å². The minimum atomic E-state index is -0.835. The molecule has 0 saturated heterocycles. The second-order valence-corrected chi connectivity index (χ2v) is 5.22. The SMILES string of the molecule is COCCN(CC(=O)O)Cc1ccc(C2CC2C)o1. The molecule has 1 heterocycles. The Morgan fingerprint density at radius 1 is 1.58 bits per heavy atom. The molecule has 1 aromatic heterocycles. The number of furan rings is 1. The minimum absolute atomic E-state index is 0.000769. The van der Waals surface area contributed by atoms with Crippen LogP contribution in [0, 0.1) is 5.92 Å². The van der Waals surface area contributed by atoms with Gasteiger partial charge in [0.25, 0.3) is 0 Å². The van der Waals surface area contributed by atoms with E-state index in [-0.39, 0.29) is 6.54 Å². The number of hydrogen-bond acceptors (Lipinski definition) is 4. The molecule has 2 atom stereocenters. The van der Waals surface area contributed by atoms with Gasteiger partial charge >= 0.3 is 5.97 Å². The highest BCUT2D eigenvalue weighted by atomic mass is 16.5. The average molecular weight is 267 g/mol. The lowest BCUT2D eigenvalue weighted by molar-refractivity contribution is -0.138. The molecule has 2 unspecified atom stereocenters. The van der Waals surface area contributed by atoms with Gasteiger partial charge in [-0.1, -0.05) is 6.92 Å². The molecule has 0 radical (unpaired) electrons. The lowest BCUT2D eigenvalue weighted by atomic mass is 10.3. The van der Waals surface area contributed by atoms with Crippen molar-refractivity contribution in [1.29, 1.82) is 0 Å². The maximum Gasteiger partial charge on any atom is 0.317 e. The van der Waals surface area contributed by atoms with E-state index < -0.39 is 5.97 Å². The molecule has 0 spiro atoms. The number of rotatable bonds is 8. The molecule has 1 aromatic rings. The lowest BCUT2D eigenvalue weighted by Crippen LogP contribution is -2.32. The first-order valence-corrected chi connectivity index (χ1v) is 6.62. The predicted octanol–water partition coefficient (Wildman–Crippen LogP) is 1.94. The van der Waals surface area contributed by atoms with Crippen molar-refractivity contribution in [3.63, 3.8) is 0 Å². The normalized spacial score (nSPS) is 21.8. The summed E-state index contributed by atoms with van der Waals surface area (Å²) in [6.45, 7) is 3.82. The van der Waals surface area contributed by atoms with Gasteiger partial charge in [0.2, 0.25) is 0 Å². The highest BCUT2D eigenvalue weighted by Crippen LogP contribution is 2.47. The van der Waals surface area contributed by atoms with E-state index in [1.165, 1.54) is 6.42 Å². The average Bonchev–Trinajstić information content (AvgIpc) is 2.89. The summed E-state index contributed by atoms with van der Waals surface area (Å²) in [5, 5.41) is 8.89. The smallest absolute Gasteiger partial charge is 0.317 e. The van der Waals surface area contributed by atoms with E-state index in [1.807, 2.05) is 17.0 Å². The summed E-state index contributed by atoms with van der Waals surface area (Å²) in [7, 11) is 1.61. The zero-order valence-corrected chi connectivity index (χ0v) is 11.5. The quantitative estimate of drug-likeness (QED) is 0.780. The fourth-order valence-corrected chi connectivity index (χ4v) is 2.24. The van der Waals surface area contributed by atoms with E-state index in [1.54, 1.807) is 7.11 Å². The van der Waals surface area contributed by atoms with Crippen molar-refractivity contribution in [2.24, 2.45) is 5.92 Å². The van der Waals surface area contributed by atoms with Crippen LogP contribution in [0.4, 0.5) is 0 Å². The molecule has 2 rings (SSSR count). The Balaban J connectivity index is 1.91. The molecule has 5 heteroatoms. The van der Waals surface area contributed by atoms with Crippen LogP contribution in [-0.2, 0) is 16.1 Å². The first-order valence-electron chi connectivity index (χ1n) is 6.62. The molecule has 0 aliphatic heterocycles. The molecule has 19 heavy (non-hydrogen) atoms. The highest BCUT2D eigenvalue weighted by Gasteiger charge is 2.36. The van der Waals surface area contributed by atoms with Crippen molar-refractivity contribution in [2.75, 3.05) is 26.8 Å². The molecule has 1 saturated carbocycles. The maximum absolute atomic E-state index is 10.8. The van der Waals surface area contributed by atoms with Crippen LogP contribution < -0.4 is 0 Å². The van der Waals surface area contributed by atoms with Crippen molar-refractivity contribution >= 4 is 5.97 Å². The van der Waals surface area contributed by atoms with Gasteiger partial charge in [-0.05, 0) is 24.5 Å². The number of aliphatic carboxylic acids is 1. The van der Waals surface area contributed by atoms with Gasteiger partial charge in [0, 0.05) is 19.6 Å². The van der Waals surface area contributed by atoms with Crippen molar-refractivity contribution in [1.82, 2.24) is 4.90 Å². The number of methoxy groups -OCH3 is 1. The Bertz CT molecular complexity index is 429. The van der Waals surface area contributed by atoms with Crippen LogP contribution >= 0.6 is 0 Å². The van der Waals surface area contributed by atoms with Crippen LogP contribution in [-0.4, -0.2) is 42.8 Å². The molecule has 106 valence electrons. The van der Waals surface area contributed by atoms with Gasteiger partial charge in [0.1, 0.15) is 11.5 Å². The van der Waals surface area contributed by atoms with E-state index in [9.17, 15) is 4.79 Å². The van der Waals surface area contributed by atoms with Crippen LogP contribution in [0.5, 0.6) is 0 Å². The molecule has 1 N–H and O–H groups in total. The summed E-state index contributed by atoms with van der Waals surface area (Å²) >= 11 is 0. The molecule has 5 nitrogen and oxygen atoms in total. The van der Waals surface area contributed by atoms with Crippen LogP contribution in [0.25, 0.3) is 0 Å². The van der Waals surface area contributed by atoms with Crippen LogP contribution in [0.3, 0.4) is 0 Å². The number of hydrogen-bond donors (Lipinski definition) is 1. The van der Waals surface area contributed by atoms with Crippen LogP contribution in [0.15, 0.2) is 16.5 Å². The predicted molar refractivity (Wildman–Crippen MR) is 70.0 cm³/mol. The Kier molecular flexibility index (Phi) is 4.61. The van der Waals surface area contributed by atoms with Crippen molar-refractivity contribution in [3.8, 4) is 0 Å². The molecular weight excluding hydrogens is 246 g/mol. The largest absolute Gasteiger partial charge is 0.480 e. The van der Waals surface area contributed by atoms with Gasteiger partial charge < -0.3 is 14.3 Å². The molecule has 0 aromatic carbocycles. The van der Waals surface area contributed by atoms with E-state index in [0.717, 1.165) is 11.5 Å². The zero-order chi connectivity index (χ0) is 13.8. The molecule has 0 bridgehead atoms. The van der Waals surface area contributed by atoms with Crippen LogP contribution in [0.2, 0.25) is 0 Å². The fourth-order valence-electron chi connectivity index (χ4n) is 2.24. The number of carboxylic acid groups (broad SMARTS) is 1. The van der Waals surface area contributed by atoms with Gasteiger partial charge in [0.15, 0.2) is 0 Å². The summed E-state index contributed by atoms with van der Waals surface area (Å²) in [6, 6.07) is 3.96. The summed E-state index contributed by atoms with van der Waals surface area (Å²) in [5.74, 6) is 2.29. The van der Waals surface area contributed by atoms with Crippen molar-refractivity contribution in [2.45, 2.75) is 25.8 Å². The van der Waals surface area contributed by atoms with E-state index in [4.69, 9.17) is 14.3 Å². The second kappa shape index (κ2) is 6.21. The van der Waals surface area contributed by atoms with E-state index in [2.05, 4.69) is 6.92 Å². The first kappa shape index (κ1) is 14.1. The number of carboxylic acids is 1. The zero-order valence-electron chi connectivity index (χ0n) is 11.5. The van der Waals surface area contributed by atoms with Gasteiger partial charge in [-0.3, -0.25) is 9.69 Å². The standard InChI is InChI=1S/C14H21NO4/c1-10-7-12(10)13-4-3-11(19-13)8-15(5-6-18-2)9-14(16)17/h3-4,10,12H,5-9H2,1-2H3,(H,16,17). The Morgan fingerprint density at radius 3 is 2.89 bits per heavy atom. The third-order valence-electron chi connectivity index (χ3n) is 3.51. The maximum atomic E-state index is 10.8. The third-order valence-corrected chi connectivity index (χ3v) is 3.51. The van der Waals surface area contributed by atoms with Crippen molar-refractivity contribution in [3.05, 3.63) is 23.7 Å². The molecular formula is C14H21NO4. The minimum Gasteiger partial charge on any atom is -0.480 e. The summed E-state index contributed by atoms with van der Waals surface area (Å²) in [5.41, 5.74) is 0. The Hall–Kier alpha value is -1.33. The monoisotopic (exact) mass is 267 g/mol. The summed E-state index contributed by atoms with van der Waals surface area (Å²) in [6.07, 6.45) is 1.19. The topological polar surface area (TPSA) is 62.9 Å². The molecule has 0 amide bonds. The first-order chi connectivity index (χ1) is 9.10. The van der Waals surface area contributed by atoms with Gasteiger partial charge in [-0.25, -0.2) is 0 Å². The number of carbonyl (C=O) groups is 1. The van der Waals surface area contributed by atoms with Gasteiger partial charge in [-0.2, -0.15) is 0 Å². The molecule has 1 aliphatic rings. The third kappa shape index (κ3) is 4.08.